The van der Waals surface area contributed by atoms with Gasteiger partial charge in [-0.2, -0.15) is 0 Å². The van der Waals surface area contributed by atoms with Crippen LogP contribution in [-0.2, 0) is 0 Å². The van der Waals surface area contributed by atoms with E-state index in [0.29, 0.717) is 0 Å². The second-order valence-corrected chi connectivity index (χ2v) is 5.90. The molecule has 0 spiro atoms. The second-order valence-electron chi connectivity index (χ2n) is 5.90. The maximum Gasteiger partial charge on any atom is 0.148 e. The first kappa shape index (κ1) is 13.2. The van der Waals surface area contributed by atoms with Crippen molar-refractivity contribution in [3.8, 4) is 11.1 Å². The van der Waals surface area contributed by atoms with Gasteiger partial charge in [0.05, 0.1) is 11.0 Å². The predicted octanol–water partition coefficient (Wildman–Crippen LogP) is 4.41. The number of hydrogen-bond donors (Lipinski definition) is 0. The summed E-state index contributed by atoms with van der Waals surface area (Å²) in [6.07, 6.45) is 5.89. The fourth-order valence-corrected chi connectivity index (χ4v) is 3.30. The minimum atomic E-state index is 0.772. The predicted molar refractivity (Wildman–Crippen MR) is 96.0 cm³/mol. The van der Waals surface area contributed by atoms with E-state index in [1.165, 1.54) is 0 Å². The molecule has 114 valence electrons. The Kier molecular flexibility index (Phi) is 2.67. The summed E-state index contributed by atoms with van der Waals surface area (Å²) in [4.78, 5) is 13.7. The van der Waals surface area contributed by atoms with Crippen LogP contribution in [0.15, 0.2) is 67.1 Å². The van der Waals surface area contributed by atoms with Crippen molar-refractivity contribution in [2.45, 2.75) is 6.92 Å². The number of para-hydroxylation sites is 1. The molecule has 0 aliphatic heterocycles. The molecule has 0 amide bonds. The summed E-state index contributed by atoms with van der Waals surface area (Å²) in [5.74, 6) is 0.772. The van der Waals surface area contributed by atoms with Gasteiger partial charge in [0.15, 0.2) is 0 Å². The lowest BCUT2D eigenvalue weighted by molar-refractivity contribution is 1.06. The Morgan fingerprint density at radius 1 is 0.917 bits per heavy atom. The molecule has 1 aromatic carbocycles. The molecular formula is C20H14N4. The average molecular weight is 310 g/mol. The minimum absolute atomic E-state index is 0.772. The van der Waals surface area contributed by atoms with Gasteiger partial charge in [0, 0.05) is 40.5 Å². The van der Waals surface area contributed by atoms with Gasteiger partial charge < -0.3 is 4.40 Å². The summed E-state index contributed by atoms with van der Waals surface area (Å²) >= 11 is 0. The monoisotopic (exact) mass is 310 g/mol. The zero-order chi connectivity index (χ0) is 16.1. The molecular weight excluding hydrogens is 296 g/mol. The number of aryl methyl sites for hydroxylation is 1. The molecule has 0 saturated carbocycles. The molecule has 24 heavy (non-hydrogen) atoms. The van der Waals surface area contributed by atoms with Crippen LogP contribution >= 0.6 is 0 Å². The van der Waals surface area contributed by atoms with Crippen LogP contribution in [0.1, 0.15) is 5.82 Å². The van der Waals surface area contributed by atoms with E-state index in [0.717, 1.165) is 44.4 Å². The maximum atomic E-state index is 4.64. The van der Waals surface area contributed by atoms with Crippen LogP contribution in [0, 0.1) is 6.92 Å². The Balaban J connectivity index is 1.92. The van der Waals surface area contributed by atoms with Gasteiger partial charge in [-0.3, -0.25) is 4.98 Å². The first-order chi connectivity index (χ1) is 11.8. The molecule has 0 saturated heterocycles. The first-order valence-electron chi connectivity index (χ1n) is 7.89. The lowest BCUT2D eigenvalue weighted by atomic mass is 10.0. The smallest absolute Gasteiger partial charge is 0.148 e. The summed E-state index contributed by atoms with van der Waals surface area (Å²) in [6, 6.07) is 16.5. The minimum Gasteiger partial charge on any atom is -0.301 e. The molecule has 0 fully saturated rings. The number of hydrogen-bond acceptors (Lipinski definition) is 3. The van der Waals surface area contributed by atoms with Gasteiger partial charge in [-0.05, 0) is 31.2 Å². The van der Waals surface area contributed by atoms with Gasteiger partial charge in [-0.1, -0.05) is 24.3 Å². The average Bonchev–Trinajstić information content (AvgIpc) is 2.95. The van der Waals surface area contributed by atoms with Crippen molar-refractivity contribution >= 4 is 27.5 Å². The SMILES string of the molecule is Cc1ncc2c(-c3cnc4ccccc4c3)c3ccccn3c2n1. The molecule has 0 aliphatic carbocycles. The molecule has 4 nitrogen and oxygen atoms in total. The molecule has 5 rings (SSSR count). The molecule has 0 N–H and O–H groups in total. The van der Waals surface area contributed by atoms with E-state index >= 15 is 0 Å². The number of pyridine rings is 2. The summed E-state index contributed by atoms with van der Waals surface area (Å²) < 4.78 is 2.12. The number of benzene rings is 1. The van der Waals surface area contributed by atoms with Crippen molar-refractivity contribution in [3.63, 3.8) is 0 Å². The van der Waals surface area contributed by atoms with Gasteiger partial charge in [0.25, 0.3) is 0 Å². The molecule has 0 atom stereocenters. The van der Waals surface area contributed by atoms with E-state index in [1.807, 2.05) is 55.8 Å². The highest BCUT2D eigenvalue weighted by Gasteiger charge is 2.15. The topological polar surface area (TPSA) is 43.1 Å². The van der Waals surface area contributed by atoms with E-state index in [2.05, 4.69) is 37.6 Å². The maximum absolute atomic E-state index is 4.64. The highest BCUT2D eigenvalue weighted by Crippen LogP contribution is 2.34. The molecule has 0 unspecified atom stereocenters. The van der Waals surface area contributed by atoms with E-state index in [4.69, 9.17) is 0 Å². The fraction of sp³-hybridized carbons (Fsp3) is 0.0500. The molecule has 4 heterocycles. The Hall–Kier alpha value is -3.27. The van der Waals surface area contributed by atoms with Crippen LogP contribution < -0.4 is 0 Å². The van der Waals surface area contributed by atoms with Gasteiger partial charge in [0.2, 0.25) is 0 Å². The quantitative estimate of drug-likeness (QED) is 0.461. The van der Waals surface area contributed by atoms with Crippen LogP contribution in [0.5, 0.6) is 0 Å². The highest BCUT2D eigenvalue weighted by molar-refractivity contribution is 6.05. The normalized spacial score (nSPS) is 11.5. The highest BCUT2D eigenvalue weighted by atomic mass is 15.0. The fourth-order valence-electron chi connectivity index (χ4n) is 3.30. The zero-order valence-electron chi connectivity index (χ0n) is 13.1. The molecule has 0 aliphatic rings. The van der Waals surface area contributed by atoms with Crippen LogP contribution in [-0.4, -0.2) is 19.4 Å². The van der Waals surface area contributed by atoms with Gasteiger partial charge in [-0.25, -0.2) is 9.97 Å². The van der Waals surface area contributed by atoms with Crippen molar-refractivity contribution in [2.75, 3.05) is 0 Å². The third-order valence-electron chi connectivity index (χ3n) is 4.38. The van der Waals surface area contributed by atoms with Gasteiger partial charge in [0.1, 0.15) is 11.5 Å². The lowest BCUT2D eigenvalue weighted by Gasteiger charge is -2.03. The molecule has 0 radical (unpaired) electrons. The van der Waals surface area contributed by atoms with Gasteiger partial charge in [-0.15, -0.1) is 0 Å². The van der Waals surface area contributed by atoms with Gasteiger partial charge >= 0.3 is 0 Å². The van der Waals surface area contributed by atoms with Crippen molar-refractivity contribution in [3.05, 3.63) is 72.9 Å². The van der Waals surface area contributed by atoms with Crippen LogP contribution in [0.3, 0.4) is 0 Å². The largest absolute Gasteiger partial charge is 0.301 e. The van der Waals surface area contributed by atoms with E-state index in [-0.39, 0.29) is 0 Å². The summed E-state index contributed by atoms with van der Waals surface area (Å²) in [7, 11) is 0. The van der Waals surface area contributed by atoms with Crippen LogP contribution in [0.2, 0.25) is 0 Å². The Morgan fingerprint density at radius 3 is 2.75 bits per heavy atom. The Morgan fingerprint density at radius 2 is 1.79 bits per heavy atom. The summed E-state index contributed by atoms with van der Waals surface area (Å²) in [5.41, 5.74) is 5.26. The Bertz CT molecular complexity index is 1220. The Labute approximate surface area is 138 Å². The standard InChI is InChI=1S/C20H14N4/c1-13-21-12-16-19(18-8-4-5-9-24(18)20(16)23-13)15-10-14-6-2-3-7-17(14)22-11-15/h2-12H,1H3. The lowest BCUT2D eigenvalue weighted by Crippen LogP contribution is -1.89. The molecule has 4 heteroatoms. The van der Waals surface area contributed by atoms with Crippen molar-refractivity contribution < 1.29 is 0 Å². The molecule has 4 aromatic heterocycles. The number of fused-ring (bicyclic) bond motifs is 4. The third-order valence-corrected chi connectivity index (χ3v) is 4.38. The number of rotatable bonds is 1. The van der Waals surface area contributed by atoms with Crippen LogP contribution in [0.4, 0.5) is 0 Å². The zero-order valence-corrected chi connectivity index (χ0v) is 13.1. The second kappa shape index (κ2) is 4.86. The van der Waals surface area contributed by atoms with Crippen molar-refractivity contribution in [2.24, 2.45) is 0 Å². The first-order valence-corrected chi connectivity index (χ1v) is 7.89. The summed E-state index contributed by atoms with van der Waals surface area (Å²) in [5, 5.41) is 2.18. The number of aromatic nitrogens is 4. The van der Waals surface area contributed by atoms with E-state index < -0.39 is 0 Å². The van der Waals surface area contributed by atoms with E-state index in [1.54, 1.807) is 0 Å². The molecule has 5 aromatic rings. The number of nitrogens with zero attached hydrogens (tertiary/aromatic N) is 4. The van der Waals surface area contributed by atoms with Crippen molar-refractivity contribution in [1.29, 1.82) is 0 Å². The molecule has 0 bridgehead atoms. The third kappa shape index (κ3) is 1.83. The van der Waals surface area contributed by atoms with Crippen LogP contribution in [0.25, 0.3) is 38.6 Å². The summed E-state index contributed by atoms with van der Waals surface area (Å²) in [6.45, 7) is 1.92. The van der Waals surface area contributed by atoms with E-state index in [9.17, 15) is 0 Å². The van der Waals surface area contributed by atoms with Crippen molar-refractivity contribution in [1.82, 2.24) is 19.4 Å².